The SMILES string of the molecule is COc1cncc(C2(N)CCc3ccc(OC)cc32)c1. The molecule has 4 nitrogen and oxygen atoms in total. The summed E-state index contributed by atoms with van der Waals surface area (Å²) in [6.45, 7) is 0. The van der Waals surface area contributed by atoms with Gasteiger partial charge in [-0.1, -0.05) is 6.07 Å². The number of hydrogen-bond donors (Lipinski definition) is 1. The number of pyridine rings is 1. The summed E-state index contributed by atoms with van der Waals surface area (Å²) in [6.07, 6.45) is 5.34. The van der Waals surface area contributed by atoms with Gasteiger partial charge in [0.05, 0.1) is 26.0 Å². The number of rotatable bonds is 3. The Morgan fingerprint density at radius 2 is 1.90 bits per heavy atom. The predicted octanol–water partition coefficient (Wildman–Crippen LogP) is 2.25. The van der Waals surface area contributed by atoms with Crippen molar-refractivity contribution in [2.75, 3.05) is 14.2 Å². The van der Waals surface area contributed by atoms with E-state index in [-0.39, 0.29) is 0 Å². The van der Waals surface area contributed by atoms with Gasteiger partial charge in [-0.15, -0.1) is 0 Å². The van der Waals surface area contributed by atoms with Gasteiger partial charge in [-0.3, -0.25) is 4.98 Å². The molecular formula is C16H18N2O2. The first-order valence-electron chi connectivity index (χ1n) is 6.63. The monoisotopic (exact) mass is 270 g/mol. The van der Waals surface area contributed by atoms with E-state index in [9.17, 15) is 0 Å². The van der Waals surface area contributed by atoms with E-state index in [1.54, 1.807) is 20.4 Å². The molecule has 0 fully saturated rings. The number of aryl methyl sites for hydroxylation is 1. The standard InChI is InChI=1S/C16H18N2O2/c1-19-13-4-3-11-5-6-16(17,15(11)8-13)12-7-14(20-2)10-18-9-12/h3-4,7-10H,5-6,17H2,1-2H3. The highest BCUT2D eigenvalue weighted by Gasteiger charge is 2.37. The normalized spacial score (nSPS) is 20.6. The zero-order valence-corrected chi connectivity index (χ0v) is 11.7. The van der Waals surface area contributed by atoms with Crippen LogP contribution >= 0.6 is 0 Å². The lowest BCUT2D eigenvalue weighted by atomic mass is 9.86. The van der Waals surface area contributed by atoms with Crippen molar-refractivity contribution in [1.29, 1.82) is 0 Å². The second kappa shape index (κ2) is 4.80. The van der Waals surface area contributed by atoms with Gasteiger partial charge in [0, 0.05) is 6.20 Å². The minimum absolute atomic E-state index is 0.522. The Kier molecular flexibility index (Phi) is 3.10. The second-order valence-corrected chi connectivity index (χ2v) is 5.11. The van der Waals surface area contributed by atoms with E-state index in [1.807, 2.05) is 24.4 Å². The van der Waals surface area contributed by atoms with Crippen LogP contribution in [0.25, 0.3) is 0 Å². The van der Waals surface area contributed by atoms with Crippen molar-refractivity contribution in [2.24, 2.45) is 5.73 Å². The van der Waals surface area contributed by atoms with Gasteiger partial charge in [0.15, 0.2) is 0 Å². The lowest BCUT2D eigenvalue weighted by molar-refractivity contribution is 0.408. The van der Waals surface area contributed by atoms with Gasteiger partial charge in [-0.05, 0) is 47.7 Å². The predicted molar refractivity (Wildman–Crippen MR) is 77.1 cm³/mol. The molecule has 0 aliphatic heterocycles. The van der Waals surface area contributed by atoms with Crippen molar-refractivity contribution in [2.45, 2.75) is 18.4 Å². The minimum atomic E-state index is -0.522. The molecule has 1 heterocycles. The molecule has 0 spiro atoms. The van der Waals surface area contributed by atoms with Crippen molar-refractivity contribution in [3.8, 4) is 11.5 Å². The third kappa shape index (κ3) is 1.93. The van der Waals surface area contributed by atoms with Crippen LogP contribution < -0.4 is 15.2 Å². The Hall–Kier alpha value is -2.07. The molecule has 1 atom stereocenters. The number of nitrogens with zero attached hydrogens (tertiary/aromatic N) is 1. The van der Waals surface area contributed by atoms with Crippen molar-refractivity contribution >= 4 is 0 Å². The molecule has 0 saturated heterocycles. The topological polar surface area (TPSA) is 57.4 Å². The molecule has 2 aromatic rings. The van der Waals surface area contributed by atoms with E-state index in [2.05, 4.69) is 11.1 Å². The fraction of sp³-hybridized carbons (Fsp3) is 0.312. The van der Waals surface area contributed by atoms with Crippen LogP contribution in [0.1, 0.15) is 23.1 Å². The first-order chi connectivity index (χ1) is 9.67. The molecule has 1 aromatic carbocycles. The van der Waals surface area contributed by atoms with Crippen LogP contribution in [0.4, 0.5) is 0 Å². The number of nitrogens with two attached hydrogens (primary N) is 1. The molecule has 20 heavy (non-hydrogen) atoms. The Morgan fingerprint density at radius 3 is 2.65 bits per heavy atom. The zero-order chi connectivity index (χ0) is 14.2. The highest BCUT2D eigenvalue weighted by Crippen LogP contribution is 2.41. The van der Waals surface area contributed by atoms with Crippen LogP contribution in [0.2, 0.25) is 0 Å². The van der Waals surface area contributed by atoms with Crippen molar-refractivity contribution < 1.29 is 9.47 Å². The Bertz CT molecular complexity index is 642. The van der Waals surface area contributed by atoms with Gasteiger partial charge < -0.3 is 15.2 Å². The summed E-state index contributed by atoms with van der Waals surface area (Å²) in [4.78, 5) is 4.22. The van der Waals surface area contributed by atoms with Crippen LogP contribution in [0.3, 0.4) is 0 Å². The van der Waals surface area contributed by atoms with Gasteiger partial charge in [-0.2, -0.15) is 0 Å². The molecule has 1 aliphatic rings. The van der Waals surface area contributed by atoms with Gasteiger partial charge >= 0.3 is 0 Å². The molecule has 1 aliphatic carbocycles. The first-order valence-corrected chi connectivity index (χ1v) is 6.63. The fourth-order valence-corrected chi connectivity index (χ4v) is 2.86. The summed E-state index contributed by atoms with van der Waals surface area (Å²) < 4.78 is 10.6. The van der Waals surface area contributed by atoms with Crippen LogP contribution in [0, 0.1) is 0 Å². The molecule has 0 saturated carbocycles. The maximum Gasteiger partial charge on any atom is 0.137 e. The molecule has 0 radical (unpaired) electrons. The fourth-order valence-electron chi connectivity index (χ4n) is 2.86. The van der Waals surface area contributed by atoms with E-state index >= 15 is 0 Å². The van der Waals surface area contributed by atoms with Crippen molar-refractivity contribution in [3.05, 3.63) is 53.3 Å². The van der Waals surface area contributed by atoms with Gasteiger partial charge in [0.25, 0.3) is 0 Å². The van der Waals surface area contributed by atoms with Crippen LogP contribution in [-0.4, -0.2) is 19.2 Å². The molecular weight excluding hydrogens is 252 g/mol. The quantitative estimate of drug-likeness (QED) is 0.929. The molecule has 1 aromatic heterocycles. The van der Waals surface area contributed by atoms with Crippen LogP contribution in [0.5, 0.6) is 11.5 Å². The highest BCUT2D eigenvalue weighted by atomic mass is 16.5. The molecule has 104 valence electrons. The Balaban J connectivity index is 2.10. The lowest BCUT2D eigenvalue weighted by Gasteiger charge is -2.26. The molecule has 1 unspecified atom stereocenters. The number of fused-ring (bicyclic) bond motifs is 1. The smallest absolute Gasteiger partial charge is 0.137 e. The van der Waals surface area contributed by atoms with E-state index < -0.39 is 5.54 Å². The average molecular weight is 270 g/mol. The number of hydrogen-bond acceptors (Lipinski definition) is 4. The largest absolute Gasteiger partial charge is 0.497 e. The van der Waals surface area contributed by atoms with Gasteiger partial charge in [0.1, 0.15) is 11.5 Å². The summed E-state index contributed by atoms with van der Waals surface area (Å²) in [5, 5.41) is 0. The number of ether oxygens (including phenoxy) is 2. The lowest BCUT2D eigenvalue weighted by Crippen LogP contribution is -2.35. The summed E-state index contributed by atoms with van der Waals surface area (Å²) in [5.41, 5.74) is 9.53. The Morgan fingerprint density at radius 1 is 1.10 bits per heavy atom. The zero-order valence-electron chi connectivity index (χ0n) is 11.7. The second-order valence-electron chi connectivity index (χ2n) is 5.11. The van der Waals surface area contributed by atoms with Gasteiger partial charge in [-0.25, -0.2) is 0 Å². The molecule has 2 N–H and O–H groups in total. The van der Waals surface area contributed by atoms with Gasteiger partial charge in [0.2, 0.25) is 0 Å². The average Bonchev–Trinajstić information content (AvgIpc) is 2.85. The van der Waals surface area contributed by atoms with Crippen LogP contribution in [-0.2, 0) is 12.0 Å². The molecule has 4 heteroatoms. The summed E-state index contributed by atoms with van der Waals surface area (Å²) >= 11 is 0. The number of methoxy groups -OCH3 is 2. The van der Waals surface area contributed by atoms with Crippen LogP contribution in [0.15, 0.2) is 36.7 Å². The number of benzene rings is 1. The number of aromatic nitrogens is 1. The maximum atomic E-state index is 6.69. The summed E-state index contributed by atoms with van der Waals surface area (Å²) in [7, 11) is 3.30. The Labute approximate surface area is 118 Å². The van der Waals surface area contributed by atoms with E-state index in [4.69, 9.17) is 15.2 Å². The molecule has 0 bridgehead atoms. The van der Waals surface area contributed by atoms with E-state index in [1.165, 1.54) is 5.56 Å². The van der Waals surface area contributed by atoms with E-state index in [0.29, 0.717) is 0 Å². The van der Waals surface area contributed by atoms with Crippen molar-refractivity contribution in [1.82, 2.24) is 4.98 Å². The maximum absolute atomic E-state index is 6.69. The first kappa shape index (κ1) is 12.9. The van der Waals surface area contributed by atoms with E-state index in [0.717, 1.165) is 35.5 Å². The highest BCUT2D eigenvalue weighted by molar-refractivity contribution is 5.50. The van der Waals surface area contributed by atoms with Crippen molar-refractivity contribution in [3.63, 3.8) is 0 Å². The molecule has 3 rings (SSSR count). The summed E-state index contributed by atoms with van der Waals surface area (Å²) in [6, 6.07) is 8.06. The minimum Gasteiger partial charge on any atom is -0.497 e. The third-order valence-corrected chi connectivity index (χ3v) is 4.05. The third-order valence-electron chi connectivity index (χ3n) is 4.05. The molecule has 0 amide bonds. The summed E-state index contributed by atoms with van der Waals surface area (Å²) in [5.74, 6) is 1.56.